The van der Waals surface area contributed by atoms with E-state index in [1.165, 1.54) is 0 Å². The summed E-state index contributed by atoms with van der Waals surface area (Å²) in [5, 5.41) is 10.6. The molecule has 3 rings (SSSR count). The fraction of sp³-hybridized carbons (Fsp3) is 0.190. The van der Waals surface area contributed by atoms with Crippen molar-refractivity contribution < 1.29 is 14.6 Å². The van der Waals surface area contributed by atoms with Gasteiger partial charge in [0.1, 0.15) is 11.5 Å². The molecule has 0 aromatic heterocycles. The molecule has 1 aliphatic rings. The van der Waals surface area contributed by atoms with Crippen LogP contribution in [0.15, 0.2) is 71.5 Å². The Kier molecular flexibility index (Phi) is 4.80. The number of aliphatic hydroxyl groups excluding tert-OH is 1. The molecule has 2 aromatic rings. The first-order valence-electron chi connectivity index (χ1n) is 8.06. The Bertz CT molecular complexity index is 801. The molecule has 0 amide bonds. The molecule has 2 aromatic carbocycles. The van der Waals surface area contributed by atoms with Crippen LogP contribution < -0.4 is 4.74 Å². The van der Waals surface area contributed by atoms with Gasteiger partial charge < -0.3 is 9.84 Å². The number of rotatable bonds is 4. The summed E-state index contributed by atoms with van der Waals surface area (Å²) in [5.41, 5.74) is 2.78. The van der Waals surface area contributed by atoms with E-state index in [2.05, 4.69) is 0 Å². The van der Waals surface area contributed by atoms with E-state index in [1.54, 1.807) is 19.2 Å². The summed E-state index contributed by atoms with van der Waals surface area (Å²) in [6.07, 6.45) is 4.10. The minimum atomic E-state index is -0.0984. The number of hydrogen-bond donors (Lipinski definition) is 1. The largest absolute Gasteiger partial charge is 0.507 e. The summed E-state index contributed by atoms with van der Waals surface area (Å²) in [6, 6.07) is 16.7. The van der Waals surface area contributed by atoms with Crippen LogP contribution in [0.5, 0.6) is 5.75 Å². The monoisotopic (exact) mass is 320 g/mol. The van der Waals surface area contributed by atoms with Crippen molar-refractivity contribution in [2.75, 3.05) is 7.11 Å². The number of aliphatic hydroxyl groups is 1. The standard InChI is InChI=1S/C21H20O3/c1-24-19-13-6-5-10-16(19)14-17-11-7-12-18(21(17)23)20(22)15-8-3-2-4-9-15/h2-6,8-10,13-14,23H,7,11-12H2,1H3/b17-14+. The highest BCUT2D eigenvalue weighted by Gasteiger charge is 2.23. The number of allylic oxidation sites excluding steroid dienone is 2. The van der Waals surface area contributed by atoms with E-state index in [1.807, 2.05) is 48.5 Å². The summed E-state index contributed by atoms with van der Waals surface area (Å²) in [7, 11) is 1.62. The molecule has 0 radical (unpaired) electrons. The molecule has 0 fully saturated rings. The van der Waals surface area contributed by atoms with Crippen molar-refractivity contribution in [1.82, 2.24) is 0 Å². The third-order valence-corrected chi connectivity index (χ3v) is 4.24. The van der Waals surface area contributed by atoms with Gasteiger partial charge in [-0.1, -0.05) is 48.5 Å². The Labute approximate surface area is 141 Å². The first-order chi connectivity index (χ1) is 11.7. The number of Topliss-reactive ketones (excluding diaryl/α,β-unsaturated/α-hetero) is 1. The van der Waals surface area contributed by atoms with Gasteiger partial charge in [0, 0.05) is 16.7 Å². The lowest BCUT2D eigenvalue weighted by molar-refractivity contribution is 0.102. The summed E-state index contributed by atoms with van der Waals surface area (Å²) in [5.74, 6) is 0.763. The molecule has 0 spiro atoms. The number of carbonyl (C=O) groups excluding carboxylic acids is 1. The van der Waals surface area contributed by atoms with Crippen molar-refractivity contribution in [3.05, 3.63) is 82.6 Å². The van der Waals surface area contributed by atoms with Crippen LogP contribution in [0.3, 0.4) is 0 Å². The molecule has 0 saturated heterocycles. The van der Waals surface area contributed by atoms with Gasteiger partial charge in [0.15, 0.2) is 5.78 Å². The number of benzene rings is 2. The predicted molar refractivity (Wildman–Crippen MR) is 95.2 cm³/mol. The van der Waals surface area contributed by atoms with Crippen molar-refractivity contribution in [1.29, 1.82) is 0 Å². The van der Waals surface area contributed by atoms with Crippen LogP contribution in [0.2, 0.25) is 0 Å². The zero-order chi connectivity index (χ0) is 16.9. The molecule has 1 aliphatic carbocycles. The van der Waals surface area contributed by atoms with Crippen LogP contribution in [-0.2, 0) is 0 Å². The molecule has 0 atom stereocenters. The van der Waals surface area contributed by atoms with Crippen molar-refractivity contribution in [3.8, 4) is 5.75 Å². The molecule has 3 heteroatoms. The highest BCUT2D eigenvalue weighted by atomic mass is 16.5. The van der Waals surface area contributed by atoms with E-state index >= 15 is 0 Å². The minimum Gasteiger partial charge on any atom is -0.507 e. The Balaban J connectivity index is 1.98. The predicted octanol–water partition coefficient (Wildman–Crippen LogP) is 4.96. The molecule has 0 saturated carbocycles. The fourth-order valence-electron chi connectivity index (χ4n) is 2.98. The smallest absolute Gasteiger partial charge is 0.192 e. The van der Waals surface area contributed by atoms with E-state index in [4.69, 9.17) is 4.74 Å². The van der Waals surface area contributed by atoms with Crippen LogP contribution in [0.4, 0.5) is 0 Å². The molecule has 3 nitrogen and oxygen atoms in total. The van der Waals surface area contributed by atoms with E-state index in [9.17, 15) is 9.90 Å². The maximum absolute atomic E-state index is 12.7. The Morgan fingerprint density at radius 3 is 2.50 bits per heavy atom. The van der Waals surface area contributed by atoms with Crippen molar-refractivity contribution in [3.63, 3.8) is 0 Å². The lowest BCUT2D eigenvalue weighted by atomic mass is 9.88. The maximum Gasteiger partial charge on any atom is 0.192 e. The second-order valence-corrected chi connectivity index (χ2v) is 5.79. The lowest BCUT2D eigenvalue weighted by Gasteiger charge is -2.19. The maximum atomic E-state index is 12.7. The Morgan fingerprint density at radius 2 is 1.75 bits per heavy atom. The van der Waals surface area contributed by atoms with Crippen LogP contribution >= 0.6 is 0 Å². The normalized spacial score (nSPS) is 16.3. The average molecular weight is 320 g/mol. The van der Waals surface area contributed by atoms with Gasteiger partial charge in [-0.05, 0) is 37.0 Å². The van der Waals surface area contributed by atoms with E-state index in [0.29, 0.717) is 17.6 Å². The molecular weight excluding hydrogens is 300 g/mol. The van der Waals surface area contributed by atoms with Crippen LogP contribution in [0.1, 0.15) is 35.2 Å². The van der Waals surface area contributed by atoms with Crippen LogP contribution in [-0.4, -0.2) is 18.0 Å². The molecular formula is C21H20O3. The summed E-state index contributed by atoms with van der Waals surface area (Å²) >= 11 is 0. The number of methoxy groups -OCH3 is 1. The summed E-state index contributed by atoms with van der Waals surface area (Å²) in [4.78, 5) is 12.7. The highest BCUT2D eigenvalue weighted by Crippen LogP contribution is 2.33. The summed E-state index contributed by atoms with van der Waals surface area (Å²) in [6.45, 7) is 0. The molecule has 1 N–H and O–H groups in total. The van der Waals surface area contributed by atoms with Crippen molar-refractivity contribution >= 4 is 11.9 Å². The van der Waals surface area contributed by atoms with Gasteiger partial charge in [0.25, 0.3) is 0 Å². The number of ether oxygens (including phenoxy) is 1. The minimum absolute atomic E-state index is 0.0984. The van der Waals surface area contributed by atoms with Crippen LogP contribution in [0, 0.1) is 0 Å². The van der Waals surface area contributed by atoms with Gasteiger partial charge in [-0.25, -0.2) is 0 Å². The van der Waals surface area contributed by atoms with Gasteiger partial charge in [0.05, 0.1) is 7.11 Å². The van der Waals surface area contributed by atoms with E-state index in [-0.39, 0.29) is 11.5 Å². The van der Waals surface area contributed by atoms with Crippen molar-refractivity contribution in [2.45, 2.75) is 19.3 Å². The molecule has 0 aliphatic heterocycles. The molecule has 122 valence electrons. The molecule has 24 heavy (non-hydrogen) atoms. The Hall–Kier alpha value is -2.81. The van der Waals surface area contributed by atoms with Gasteiger partial charge in [-0.15, -0.1) is 0 Å². The van der Waals surface area contributed by atoms with Crippen molar-refractivity contribution in [2.24, 2.45) is 0 Å². The van der Waals surface area contributed by atoms with Gasteiger partial charge in [0.2, 0.25) is 0 Å². The van der Waals surface area contributed by atoms with E-state index < -0.39 is 0 Å². The zero-order valence-corrected chi connectivity index (χ0v) is 13.7. The first kappa shape index (κ1) is 16.1. The fourth-order valence-corrected chi connectivity index (χ4v) is 2.98. The van der Waals surface area contributed by atoms with E-state index in [0.717, 1.165) is 29.7 Å². The van der Waals surface area contributed by atoms with Crippen LogP contribution in [0.25, 0.3) is 6.08 Å². The Morgan fingerprint density at radius 1 is 1.04 bits per heavy atom. The quantitative estimate of drug-likeness (QED) is 0.810. The SMILES string of the molecule is COc1ccccc1/C=C1\CCCC(C(=O)c2ccccc2)=C1O. The second kappa shape index (κ2) is 7.18. The first-order valence-corrected chi connectivity index (χ1v) is 8.06. The topological polar surface area (TPSA) is 46.5 Å². The molecule has 0 unspecified atom stereocenters. The zero-order valence-electron chi connectivity index (χ0n) is 13.7. The average Bonchev–Trinajstić information content (AvgIpc) is 2.64. The van der Waals surface area contributed by atoms with Gasteiger partial charge in [-0.3, -0.25) is 4.79 Å². The number of carbonyl (C=O) groups is 1. The number of para-hydroxylation sites is 1. The third kappa shape index (κ3) is 3.25. The molecule has 0 heterocycles. The van der Waals surface area contributed by atoms with Gasteiger partial charge >= 0.3 is 0 Å². The molecule has 0 bridgehead atoms. The lowest BCUT2D eigenvalue weighted by Crippen LogP contribution is -2.12. The summed E-state index contributed by atoms with van der Waals surface area (Å²) < 4.78 is 5.36. The number of hydrogen-bond acceptors (Lipinski definition) is 3. The highest BCUT2D eigenvalue weighted by molar-refractivity contribution is 6.09. The third-order valence-electron chi connectivity index (χ3n) is 4.24. The second-order valence-electron chi connectivity index (χ2n) is 5.79. The van der Waals surface area contributed by atoms with Gasteiger partial charge in [-0.2, -0.15) is 0 Å². The number of ketones is 1.